The lowest BCUT2D eigenvalue weighted by Crippen LogP contribution is -2.41. The van der Waals surface area contributed by atoms with Gasteiger partial charge in [-0.25, -0.2) is 0 Å². The maximum absolute atomic E-state index is 13.0. The number of ether oxygens (including phenoxy) is 1. The van der Waals surface area contributed by atoms with Crippen LogP contribution in [0.3, 0.4) is 0 Å². The number of esters is 1. The Morgan fingerprint density at radius 2 is 1.85 bits per heavy atom. The largest absolute Gasteiger partial charge is 0.466 e. The van der Waals surface area contributed by atoms with Gasteiger partial charge < -0.3 is 14.2 Å². The summed E-state index contributed by atoms with van der Waals surface area (Å²) in [5, 5.41) is 0. The third kappa shape index (κ3) is 4.79. The lowest BCUT2D eigenvalue weighted by molar-refractivity contribution is -0.151. The molecule has 3 rings (SSSR count). The van der Waals surface area contributed by atoms with Gasteiger partial charge in [0.05, 0.1) is 25.0 Å². The number of carbonyl (C=O) groups is 2. The van der Waals surface area contributed by atoms with Crippen LogP contribution in [0.2, 0.25) is 0 Å². The van der Waals surface area contributed by atoms with Crippen molar-refractivity contribution in [1.82, 2.24) is 9.47 Å². The molecule has 27 heavy (non-hydrogen) atoms. The molecule has 0 aliphatic carbocycles. The molecule has 2 aromatic rings. The van der Waals surface area contributed by atoms with Crippen molar-refractivity contribution < 1.29 is 14.3 Å². The second-order valence-electron chi connectivity index (χ2n) is 7.17. The van der Waals surface area contributed by atoms with Gasteiger partial charge in [0.25, 0.3) is 0 Å². The van der Waals surface area contributed by atoms with Gasteiger partial charge in [-0.3, -0.25) is 9.59 Å². The minimum atomic E-state index is -0.130. The monoisotopic (exact) mass is 368 g/mol. The summed E-state index contributed by atoms with van der Waals surface area (Å²) in [5.74, 6) is -0.0712. The number of nitrogens with zero attached hydrogens (tertiary/aromatic N) is 2. The average Bonchev–Trinajstić information content (AvgIpc) is 3.20. The van der Waals surface area contributed by atoms with Gasteiger partial charge in [-0.15, -0.1) is 0 Å². The number of amides is 1. The normalized spacial score (nSPS) is 16.1. The van der Waals surface area contributed by atoms with Crippen LogP contribution in [0.25, 0.3) is 0 Å². The van der Waals surface area contributed by atoms with Gasteiger partial charge in [-0.1, -0.05) is 29.8 Å². The molecule has 0 spiro atoms. The van der Waals surface area contributed by atoms with E-state index in [1.54, 1.807) is 0 Å². The van der Waals surface area contributed by atoms with Crippen LogP contribution in [0.15, 0.2) is 48.8 Å². The maximum atomic E-state index is 13.0. The predicted molar refractivity (Wildman–Crippen MR) is 104 cm³/mol. The highest BCUT2D eigenvalue weighted by molar-refractivity contribution is 5.78. The van der Waals surface area contributed by atoms with Crippen LogP contribution in [0.1, 0.15) is 43.4 Å². The number of carbonyl (C=O) groups excluding carboxylic acids is 2. The highest BCUT2D eigenvalue weighted by Gasteiger charge is 2.29. The molecule has 1 atom stereocenters. The topological polar surface area (TPSA) is 51.5 Å². The van der Waals surface area contributed by atoms with Crippen molar-refractivity contribution in [2.45, 2.75) is 39.2 Å². The van der Waals surface area contributed by atoms with Crippen molar-refractivity contribution in [3.63, 3.8) is 0 Å². The summed E-state index contributed by atoms with van der Waals surface area (Å²) in [6, 6.07) is 12.3. The highest BCUT2D eigenvalue weighted by atomic mass is 16.5. The molecule has 0 saturated carbocycles. The Labute approximate surface area is 160 Å². The third-order valence-corrected chi connectivity index (χ3v) is 5.25. The molecule has 0 unspecified atom stereocenters. The number of aromatic nitrogens is 1. The zero-order valence-corrected chi connectivity index (χ0v) is 16.1. The molecule has 0 radical (unpaired) electrons. The van der Waals surface area contributed by atoms with Crippen molar-refractivity contribution >= 4 is 11.9 Å². The van der Waals surface area contributed by atoms with E-state index in [1.165, 1.54) is 5.56 Å². The first-order valence-corrected chi connectivity index (χ1v) is 9.72. The third-order valence-electron chi connectivity index (χ3n) is 5.25. The summed E-state index contributed by atoms with van der Waals surface area (Å²) in [4.78, 5) is 26.7. The molecule has 1 fully saturated rings. The van der Waals surface area contributed by atoms with Crippen LogP contribution in [0, 0.1) is 12.8 Å². The lowest BCUT2D eigenvalue weighted by Gasteiger charge is -2.32. The molecular formula is C22H28N2O3. The first-order valence-electron chi connectivity index (χ1n) is 9.72. The van der Waals surface area contributed by atoms with Crippen molar-refractivity contribution in [2.24, 2.45) is 5.92 Å². The highest BCUT2D eigenvalue weighted by Crippen LogP contribution is 2.26. The molecule has 2 heterocycles. The molecular weight excluding hydrogens is 340 g/mol. The smallest absolute Gasteiger partial charge is 0.309 e. The van der Waals surface area contributed by atoms with Gasteiger partial charge in [0.15, 0.2) is 0 Å². The van der Waals surface area contributed by atoms with Crippen molar-refractivity contribution in [3.05, 3.63) is 59.9 Å². The van der Waals surface area contributed by atoms with Gasteiger partial charge in [-0.2, -0.15) is 0 Å². The maximum Gasteiger partial charge on any atom is 0.309 e. The fraction of sp³-hybridized carbons (Fsp3) is 0.455. The molecule has 1 aromatic heterocycles. The van der Waals surface area contributed by atoms with E-state index in [2.05, 4.69) is 29.7 Å². The van der Waals surface area contributed by atoms with Gasteiger partial charge in [0, 0.05) is 25.5 Å². The fourth-order valence-electron chi connectivity index (χ4n) is 3.75. The number of rotatable bonds is 6. The van der Waals surface area contributed by atoms with Crippen molar-refractivity contribution in [2.75, 3.05) is 19.7 Å². The molecule has 0 N–H and O–H groups in total. The summed E-state index contributed by atoms with van der Waals surface area (Å²) >= 11 is 0. The van der Waals surface area contributed by atoms with Crippen molar-refractivity contribution in [1.29, 1.82) is 0 Å². The zero-order chi connectivity index (χ0) is 19.2. The first kappa shape index (κ1) is 19.2. The Bertz CT molecular complexity index is 762. The summed E-state index contributed by atoms with van der Waals surface area (Å²) in [6.07, 6.45) is 5.80. The molecule has 1 aliphatic heterocycles. The number of benzene rings is 1. The second kappa shape index (κ2) is 8.89. The van der Waals surface area contributed by atoms with Crippen LogP contribution >= 0.6 is 0 Å². The van der Waals surface area contributed by atoms with Gasteiger partial charge in [0.1, 0.15) is 0 Å². The predicted octanol–water partition coefficient (Wildman–Crippen LogP) is 3.58. The molecule has 5 heteroatoms. The average molecular weight is 368 g/mol. The van der Waals surface area contributed by atoms with Crippen LogP contribution in [0.4, 0.5) is 0 Å². The van der Waals surface area contributed by atoms with Gasteiger partial charge >= 0.3 is 5.97 Å². The number of hydrogen-bond donors (Lipinski definition) is 0. The first-order chi connectivity index (χ1) is 13.1. The molecule has 5 nitrogen and oxygen atoms in total. The quantitative estimate of drug-likeness (QED) is 0.733. The minimum absolute atomic E-state index is 0.0184. The van der Waals surface area contributed by atoms with E-state index in [0.29, 0.717) is 39.0 Å². The second-order valence-corrected chi connectivity index (χ2v) is 7.17. The van der Waals surface area contributed by atoms with E-state index >= 15 is 0 Å². The van der Waals surface area contributed by atoms with Crippen LogP contribution < -0.4 is 0 Å². The van der Waals surface area contributed by atoms with E-state index in [0.717, 1.165) is 5.56 Å². The summed E-state index contributed by atoms with van der Waals surface area (Å²) in [6.45, 7) is 5.54. The summed E-state index contributed by atoms with van der Waals surface area (Å²) in [5.41, 5.74) is 2.33. The van der Waals surface area contributed by atoms with E-state index in [-0.39, 0.29) is 23.8 Å². The molecule has 1 saturated heterocycles. The fourth-order valence-corrected chi connectivity index (χ4v) is 3.75. The molecule has 1 aliphatic rings. The Hall–Kier alpha value is -2.56. The molecule has 0 bridgehead atoms. The van der Waals surface area contributed by atoms with Crippen molar-refractivity contribution in [3.8, 4) is 0 Å². The number of hydrogen-bond acceptors (Lipinski definition) is 3. The summed E-state index contributed by atoms with van der Waals surface area (Å²) < 4.78 is 7.21. The number of aryl methyl sites for hydroxylation is 1. The van der Waals surface area contributed by atoms with Crippen LogP contribution in [-0.2, 0) is 14.3 Å². The zero-order valence-electron chi connectivity index (χ0n) is 16.1. The Balaban J connectivity index is 1.66. The van der Waals surface area contributed by atoms with E-state index in [4.69, 9.17) is 4.74 Å². The van der Waals surface area contributed by atoms with Gasteiger partial charge in [0.2, 0.25) is 5.91 Å². The Morgan fingerprint density at radius 1 is 1.15 bits per heavy atom. The van der Waals surface area contributed by atoms with Crippen LogP contribution in [-0.4, -0.2) is 41.0 Å². The minimum Gasteiger partial charge on any atom is -0.466 e. The lowest BCUT2D eigenvalue weighted by atomic mass is 9.95. The molecule has 1 aromatic carbocycles. The standard InChI is InChI=1S/C22H28N2O3/c1-3-27-22(26)18-9-13-24(14-10-18)21(25)16-20(23-11-4-5-12-23)19-8-6-7-17(2)15-19/h4-8,11-12,15,18,20H,3,9-10,13-14,16H2,1-2H3/t20-/m0/s1. The van der Waals surface area contributed by atoms with Gasteiger partial charge in [-0.05, 0) is 44.4 Å². The van der Waals surface area contributed by atoms with Crippen LogP contribution in [0.5, 0.6) is 0 Å². The molecule has 144 valence electrons. The molecule has 1 amide bonds. The van der Waals surface area contributed by atoms with E-state index < -0.39 is 0 Å². The Morgan fingerprint density at radius 3 is 2.48 bits per heavy atom. The van der Waals surface area contributed by atoms with E-state index in [1.807, 2.05) is 42.4 Å². The SMILES string of the molecule is CCOC(=O)C1CCN(C(=O)C[C@@H](c2cccc(C)c2)n2cccc2)CC1. The van der Waals surface area contributed by atoms with E-state index in [9.17, 15) is 9.59 Å². The summed E-state index contributed by atoms with van der Waals surface area (Å²) in [7, 11) is 0. The Kier molecular flexibility index (Phi) is 6.32. The number of likely N-dealkylation sites (tertiary alicyclic amines) is 1. The number of piperidine rings is 1.